The van der Waals surface area contributed by atoms with Gasteiger partial charge in [-0.15, -0.1) is 13.2 Å². The van der Waals surface area contributed by atoms with Crippen LogP contribution in [-0.4, -0.2) is 38.6 Å². The summed E-state index contributed by atoms with van der Waals surface area (Å²) in [6.07, 6.45) is -3.39. The van der Waals surface area contributed by atoms with Gasteiger partial charge in [0.1, 0.15) is 17.2 Å². The van der Waals surface area contributed by atoms with E-state index in [4.69, 9.17) is 14.2 Å². The average molecular weight is 439 g/mol. The van der Waals surface area contributed by atoms with E-state index < -0.39 is 30.1 Å². The lowest BCUT2D eigenvalue weighted by atomic mass is 10.1. The van der Waals surface area contributed by atoms with Gasteiger partial charge in [0, 0.05) is 17.3 Å². The van der Waals surface area contributed by atoms with Crippen molar-refractivity contribution in [2.24, 2.45) is 0 Å². The quantitative estimate of drug-likeness (QED) is 0.491. The first kappa shape index (κ1) is 23.6. The fraction of sp³-hybridized carbons (Fsp3) is 0.238. The van der Waals surface area contributed by atoms with Crippen molar-refractivity contribution in [2.45, 2.75) is 19.4 Å². The smallest absolute Gasteiger partial charge is 0.497 e. The molecule has 0 aliphatic carbocycles. The van der Waals surface area contributed by atoms with Gasteiger partial charge in [-0.1, -0.05) is 0 Å². The van der Waals surface area contributed by atoms with E-state index in [2.05, 4.69) is 10.1 Å². The standard InChI is InChI=1S/C21H20F3NO6/c1-13(20(27)25-15-5-7-16(8-6-15)31-21(22,23)24)30-19(26)11-4-14-12-17(28-2)9-10-18(14)29-3/h4-13H,1-3H3,(H,25,27)/b11-4-/t13-/m0/s1. The molecular weight excluding hydrogens is 419 g/mol. The van der Waals surface area contributed by atoms with E-state index in [0.29, 0.717) is 17.1 Å². The molecule has 7 nitrogen and oxygen atoms in total. The maximum atomic E-state index is 12.2. The fourth-order valence-electron chi connectivity index (χ4n) is 2.38. The van der Waals surface area contributed by atoms with E-state index in [1.165, 1.54) is 39.4 Å². The van der Waals surface area contributed by atoms with Gasteiger partial charge in [0.15, 0.2) is 6.10 Å². The highest BCUT2D eigenvalue weighted by Gasteiger charge is 2.31. The Morgan fingerprint density at radius 1 is 1.00 bits per heavy atom. The minimum absolute atomic E-state index is 0.207. The number of anilines is 1. The molecule has 0 aliphatic heterocycles. The van der Waals surface area contributed by atoms with Crippen molar-refractivity contribution in [1.29, 1.82) is 0 Å². The van der Waals surface area contributed by atoms with Gasteiger partial charge in [0.2, 0.25) is 0 Å². The number of halogens is 3. The number of carbonyl (C=O) groups excluding carboxylic acids is 2. The third-order valence-electron chi connectivity index (χ3n) is 3.85. The zero-order chi connectivity index (χ0) is 23.0. The molecule has 0 fully saturated rings. The Morgan fingerprint density at radius 3 is 2.23 bits per heavy atom. The van der Waals surface area contributed by atoms with Crippen LogP contribution in [0.4, 0.5) is 18.9 Å². The number of alkyl halides is 3. The normalized spacial score (nSPS) is 12.2. The lowest BCUT2D eigenvalue weighted by molar-refractivity contribution is -0.274. The Labute approximate surface area is 176 Å². The molecule has 0 unspecified atom stereocenters. The predicted octanol–water partition coefficient (Wildman–Crippen LogP) is 4.19. The van der Waals surface area contributed by atoms with E-state index in [1.807, 2.05) is 0 Å². The molecule has 31 heavy (non-hydrogen) atoms. The molecule has 0 bridgehead atoms. The van der Waals surface area contributed by atoms with Crippen molar-refractivity contribution in [3.63, 3.8) is 0 Å². The molecule has 0 heterocycles. The summed E-state index contributed by atoms with van der Waals surface area (Å²) in [4.78, 5) is 24.2. The second-order valence-corrected chi connectivity index (χ2v) is 6.08. The van der Waals surface area contributed by atoms with Gasteiger partial charge in [-0.3, -0.25) is 4.79 Å². The third kappa shape index (κ3) is 7.57. The number of esters is 1. The largest absolute Gasteiger partial charge is 0.573 e. The molecule has 0 saturated carbocycles. The molecule has 1 amide bonds. The molecule has 10 heteroatoms. The van der Waals surface area contributed by atoms with E-state index in [9.17, 15) is 22.8 Å². The van der Waals surface area contributed by atoms with Crippen LogP contribution in [0.25, 0.3) is 6.08 Å². The number of nitrogens with one attached hydrogen (secondary N) is 1. The predicted molar refractivity (Wildman–Crippen MR) is 106 cm³/mol. The molecule has 166 valence electrons. The minimum atomic E-state index is -4.81. The van der Waals surface area contributed by atoms with Gasteiger partial charge in [0.25, 0.3) is 5.91 Å². The lowest BCUT2D eigenvalue weighted by Crippen LogP contribution is -2.29. The first-order chi connectivity index (χ1) is 14.6. The monoisotopic (exact) mass is 439 g/mol. The lowest BCUT2D eigenvalue weighted by Gasteiger charge is -2.13. The van der Waals surface area contributed by atoms with Crippen molar-refractivity contribution < 1.29 is 41.7 Å². The molecular formula is C21H20F3NO6. The molecule has 0 radical (unpaired) electrons. The summed E-state index contributed by atoms with van der Waals surface area (Å²) in [7, 11) is 2.98. The first-order valence-corrected chi connectivity index (χ1v) is 8.88. The van der Waals surface area contributed by atoms with E-state index in [0.717, 1.165) is 18.2 Å². The van der Waals surface area contributed by atoms with Crippen LogP contribution in [0, 0.1) is 0 Å². The summed E-state index contributed by atoms with van der Waals surface area (Å²) in [5, 5.41) is 2.43. The van der Waals surface area contributed by atoms with Gasteiger partial charge < -0.3 is 24.3 Å². The summed E-state index contributed by atoms with van der Waals surface area (Å²) in [5.74, 6) is -0.795. The highest BCUT2D eigenvalue weighted by atomic mass is 19.4. The summed E-state index contributed by atoms with van der Waals surface area (Å²) in [6, 6.07) is 9.57. The van der Waals surface area contributed by atoms with Gasteiger partial charge in [-0.25, -0.2) is 4.79 Å². The van der Waals surface area contributed by atoms with Crippen LogP contribution in [0.2, 0.25) is 0 Å². The van der Waals surface area contributed by atoms with Crippen molar-refractivity contribution >= 4 is 23.6 Å². The van der Waals surface area contributed by atoms with E-state index in [-0.39, 0.29) is 5.69 Å². The van der Waals surface area contributed by atoms with Crippen LogP contribution in [0.15, 0.2) is 48.5 Å². The van der Waals surface area contributed by atoms with Crippen molar-refractivity contribution in [2.75, 3.05) is 19.5 Å². The third-order valence-corrected chi connectivity index (χ3v) is 3.85. The minimum Gasteiger partial charge on any atom is -0.497 e. The van der Waals surface area contributed by atoms with Gasteiger partial charge >= 0.3 is 12.3 Å². The highest BCUT2D eigenvalue weighted by molar-refractivity contribution is 5.96. The molecule has 2 aromatic carbocycles. The number of benzene rings is 2. The Kier molecular flexibility index (Phi) is 7.89. The van der Waals surface area contributed by atoms with Crippen LogP contribution in [0.3, 0.4) is 0 Å². The fourth-order valence-corrected chi connectivity index (χ4v) is 2.38. The number of amides is 1. The van der Waals surface area contributed by atoms with Gasteiger partial charge in [-0.05, 0) is 55.5 Å². The maximum Gasteiger partial charge on any atom is 0.573 e. The number of hydrogen-bond donors (Lipinski definition) is 1. The van der Waals surface area contributed by atoms with Crippen LogP contribution in [0.1, 0.15) is 12.5 Å². The number of carbonyl (C=O) groups is 2. The Balaban J connectivity index is 1.94. The SMILES string of the molecule is COc1ccc(OC)c(/C=C\C(=O)O[C@@H](C)C(=O)Nc2ccc(OC(F)(F)F)cc2)c1. The van der Waals surface area contributed by atoms with Crippen LogP contribution in [0.5, 0.6) is 17.2 Å². The second-order valence-electron chi connectivity index (χ2n) is 6.08. The average Bonchev–Trinajstić information content (AvgIpc) is 2.72. The van der Waals surface area contributed by atoms with Crippen molar-refractivity contribution in [1.82, 2.24) is 0 Å². The second kappa shape index (κ2) is 10.4. The molecule has 0 spiro atoms. The zero-order valence-electron chi connectivity index (χ0n) is 16.9. The zero-order valence-corrected chi connectivity index (χ0v) is 16.9. The van der Waals surface area contributed by atoms with Crippen molar-refractivity contribution in [3.8, 4) is 17.2 Å². The summed E-state index contributed by atoms with van der Waals surface area (Å²) in [6.45, 7) is 1.36. The number of ether oxygens (including phenoxy) is 4. The maximum absolute atomic E-state index is 12.2. The number of hydrogen-bond acceptors (Lipinski definition) is 6. The van der Waals surface area contributed by atoms with Crippen LogP contribution < -0.4 is 19.5 Å². The summed E-state index contributed by atoms with van der Waals surface area (Å²) in [5.41, 5.74) is 0.774. The number of methoxy groups -OCH3 is 2. The highest BCUT2D eigenvalue weighted by Crippen LogP contribution is 2.25. The summed E-state index contributed by atoms with van der Waals surface area (Å²) >= 11 is 0. The Bertz CT molecular complexity index is 941. The van der Waals surface area contributed by atoms with E-state index in [1.54, 1.807) is 18.2 Å². The topological polar surface area (TPSA) is 83.1 Å². The Hall–Kier alpha value is -3.69. The van der Waals surface area contributed by atoms with E-state index >= 15 is 0 Å². The number of rotatable bonds is 8. The molecule has 0 saturated heterocycles. The van der Waals surface area contributed by atoms with Crippen molar-refractivity contribution in [3.05, 3.63) is 54.1 Å². The summed E-state index contributed by atoms with van der Waals surface area (Å²) < 4.78 is 55.6. The molecule has 1 atom stereocenters. The molecule has 1 N–H and O–H groups in total. The van der Waals surface area contributed by atoms with Gasteiger partial charge in [0.05, 0.1) is 14.2 Å². The van der Waals surface area contributed by atoms with Crippen LogP contribution in [-0.2, 0) is 14.3 Å². The molecule has 0 aliphatic rings. The molecule has 2 aromatic rings. The Morgan fingerprint density at radius 2 is 1.65 bits per heavy atom. The first-order valence-electron chi connectivity index (χ1n) is 8.88. The van der Waals surface area contributed by atoms with Crippen LogP contribution >= 0.6 is 0 Å². The molecule has 2 rings (SSSR count). The molecule has 0 aromatic heterocycles. The van der Waals surface area contributed by atoms with Gasteiger partial charge in [-0.2, -0.15) is 0 Å².